The molecule has 1 amide bonds. The van der Waals surface area contributed by atoms with Crippen LogP contribution >= 0.6 is 0 Å². The highest BCUT2D eigenvalue weighted by Gasteiger charge is 2.24. The Bertz CT molecular complexity index is 720. The number of hydrogen-bond acceptors (Lipinski definition) is 3. The Labute approximate surface area is 133 Å². The van der Waals surface area contributed by atoms with Crippen LogP contribution < -0.4 is 5.32 Å². The lowest BCUT2D eigenvalue weighted by molar-refractivity contribution is 0.0599. The Morgan fingerprint density at radius 2 is 1.91 bits per heavy atom. The minimum atomic E-state index is -0.469. The maximum absolute atomic E-state index is 12.9. The lowest BCUT2D eigenvalue weighted by Crippen LogP contribution is -2.15. The first kappa shape index (κ1) is 16.7. The number of aryl methyl sites for hydroxylation is 1. The summed E-state index contributed by atoms with van der Waals surface area (Å²) in [5.74, 6) is -1.22. The van der Waals surface area contributed by atoms with Gasteiger partial charge in [-0.15, -0.1) is 0 Å². The van der Waals surface area contributed by atoms with Crippen molar-refractivity contribution in [3.8, 4) is 0 Å². The van der Waals surface area contributed by atoms with Crippen LogP contribution in [-0.2, 0) is 11.2 Å². The molecule has 0 aliphatic rings. The third kappa shape index (κ3) is 3.59. The molecule has 5 nitrogen and oxygen atoms in total. The fourth-order valence-corrected chi connectivity index (χ4v) is 2.48. The second kappa shape index (κ2) is 7.09. The van der Waals surface area contributed by atoms with E-state index in [-0.39, 0.29) is 11.7 Å². The van der Waals surface area contributed by atoms with Crippen LogP contribution in [0, 0.1) is 12.7 Å². The average molecular weight is 318 g/mol. The maximum Gasteiger partial charge on any atom is 0.339 e. The molecule has 0 aliphatic heterocycles. The van der Waals surface area contributed by atoms with Crippen molar-refractivity contribution >= 4 is 17.6 Å². The number of benzene rings is 1. The van der Waals surface area contributed by atoms with Gasteiger partial charge in [0.15, 0.2) is 0 Å². The molecule has 2 rings (SSSR count). The van der Waals surface area contributed by atoms with Crippen molar-refractivity contribution in [2.24, 2.45) is 0 Å². The van der Waals surface area contributed by atoms with Crippen LogP contribution in [-0.4, -0.2) is 24.0 Å². The van der Waals surface area contributed by atoms with Crippen molar-refractivity contribution in [1.82, 2.24) is 4.98 Å². The Morgan fingerprint density at radius 3 is 2.48 bits per heavy atom. The number of methoxy groups -OCH3 is 1. The molecule has 0 unspecified atom stereocenters. The predicted octanol–water partition coefficient (Wildman–Crippen LogP) is 3.45. The van der Waals surface area contributed by atoms with E-state index in [1.165, 1.54) is 31.4 Å². The van der Waals surface area contributed by atoms with Crippen molar-refractivity contribution in [3.05, 3.63) is 52.6 Å². The minimum absolute atomic E-state index is 0.328. The van der Waals surface area contributed by atoms with E-state index in [1.807, 2.05) is 6.92 Å². The zero-order valence-electron chi connectivity index (χ0n) is 13.3. The number of carbonyl (C=O) groups is 2. The molecule has 0 fully saturated rings. The molecule has 0 spiro atoms. The highest BCUT2D eigenvalue weighted by atomic mass is 19.1. The minimum Gasteiger partial charge on any atom is -0.465 e. The van der Waals surface area contributed by atoms with Gasteiger partial charge in [0.05, 0.1) is 12.7 Å². The molecule has 122 valence electrons. The van der Waals surface area contributed by atoms with Gasteiger partial charge in [-0.25, -0.2) is 9.18 Å². The first-order valence-electron chi connectivity index (χ1n) is 7.34. The van der Waals surface area contributed by atoms with Crippen LogP contribution in [0.3, 0.4) is 0 Å². The predicted molar refractivity (Wildman–Crippen MR) is 85.2 cm³/mol. The fourth-order valence-electron chi connectivity index (χ4n) is 2.48. The average Bonchev–Trinajstić information content (AvgIpc) is 2.86. The molecule has 2 N–H and O–H groups in total. The van der Waals surface area contributed by atoms with Gasteiger partial charge in [-0.05, 0) is 43.2 Å². The largest absolute Gasteiger partial charge is 0.465 e. The highest BCUT2D eigenvalue weighted by molar-refractivity contribution is 6.06. The molecule has 1 heterocycles. The maximum atomic E-state index is 12.9. The topological polar surface area (TPSA) is 71.2 Å². The highest BCUT2D eigenvalue weighted by Crippen LogP contribution is 2.23. The third-order valence-corrected chi connectivity index (χ3v) is 3.51. The summed E-state index contributed by atoms with van der Waals surface area (Å²) in [5.41, 5.74) is 2.43. The number of amides is 1. The summed E-state index contributed by atoms with van der Waals surface area (Å²) in [6.07, 6.45) is 1.35. The Hall–Kier alpha value is -2.63. The van der Waals surface area contributed by atoms with Crippen LogP contribution in [0.1, 0.15) is 45.4 Å². The second-order valence-electron chi connectivity index (χ2n) is 5.18. The first-order valence-corrected chi connectivity index (χ1v) is 7.34. The van der Waals surface area contributed by atoms with Crippen molar-refractivity contribution in [2.75, 3.05) is 12.4 Å². The monoisotopic (exact) mass is 318 g/mol. The van der Waals surface area contributed by atoms with E-state index in [0.717, 1.165) is 6.42 Å². The molecule has 6 heteroatoms. The number of esters is 1. The number of carbonyl (C=O) groups excluding carboxylic acids is 2. The fraction of sp³-hybridized carbons (Fsp3) is 0.294. The number of hydrogen-bond donors (Lipinski definition) is 2. The first-order chi connectivity index (χ1) is 11.0. The molecule has 0 bridgehead atoms. The number of rotatable bonds is 5. The van der Waals surface area contributed by atoms with Gasteiger partial charge in [0.2, 0.25) is 0 Å². The Morgan fingerprint density at radius 1 is 1.26 bits per heavy atom. The molecule has 1 aromatic carbocycles. The molecule has 0 radical (unpaired) electrons. The van der Waals surface area contributed by atoms with Gasteiger partial charge in [0, 0.05) is 11.4 Å². The van der Waals surface area contributed by atoms with Gasteiger partial charge in [0.25, 0.3) is 5.91 Å². The summed E-state index contributed by atoms with van der Waals surface area (Å²) >= 11 is 0. The summed E-state index contributed by atoms with van der Waals surface area (Å²) < 4.78 is 17.7. The van der Waals surface area contributed by atoms with Crippen molar-refractivity contribution in [2.45, 2.75) is 26.7 Å². The standard InChI is InChI=1S/C17H19FN2O3/c1-4-5-13-14(17(22)23-3)10(2)19-15(13)16(21)20-12-8-6-11(18)7-9-12/h6-9,19H,4-5H2,1-3H3,(H,20,21). The van der Waals surface area contributed by atoms with E-state index in [1.54, 1.807) is 6.92 Å². The molecule has 23 heavy (non-hydrogen) atoms. The molecule has 2 aromatic rings. The molecule has 1 aromatic heterocycles. The quantitative estimate of drug-likeness (QED) is 0.829. The van der Waals surface area contributed by atoms with Gasteiger partial charge in [-0.1, -0.05) is 13.3 Å². The molecular weight excluding hydrogens is 299 g/mol. The Kier molecular flexibility index (Phi) is 5.16. The number of anilines is 1. The van der Waals surface area contributed by atoms with E-state index < -0.39 is 5.97 Å². The normalized spacial score (nSPS) is 10.4. The SMILES string of the molecule is CCCc1c(C(=O)Nc2ccc(F)cc2)[nH]c(C)c1C(=O)OC. The summed E-state index contributed by atoms with van der Waals surface area (Å²) in [6, 6.07) is 5.48. The van der Waals surface area contributed by atoms with Crippen LogP contribution in [0.5, 0.6) is 0 Å². The molecular formula is C17H19FN2O3. The zero-order valence-corrected chi connectivity index (χ0v) is 13.3. The Balaban J connectivity index is 2.35. The summed E-state index contributed by atoms with van der Waals surface area (Å²) in [5, 5.41) is 2.69. The van der Waals surface area contributed by atoms with E-state index >= 15 is 0 Å². The van der Waals surface area contributed by atoms with E-state index in [2.05, 4.69) is 10.3 Å². The lowest BCUT2D eigenvalue weighted by atomic mass is 10.0. The van der Waals surface area contributed by atoms with Crippen LogP contribution in [0.2, 0.25) is 0 Å². The van der Waals surface area contributed by atoms with Crippen molar-refractivity contribution in [3.63, 3.8) is 0 Å². The second-order valence-corrected chi connectivity index (χ2v) is 5.18. The van der Waals surface area contributed by atoms with Gasteiger partial charge < -0.3 is 15.0 Å². The number of H-pyrrole nitrogens is 1. The summed E-state index contributed by atoms with van der Waals surface area (Å²) in [4.78, 5) is 27.4. The van der Waals surface area contributed by atoms with Crippen LogP contribution in [0.25, 0.3) is 0 Å². The van der Waals surface area contributed by atoms with Crippen molar-refractivity contribution < 1.29 is 18.7 Å². The van der Waals surface area contributed by atoms with E-state index in [9.17, 15) is 14.0 Å². The van der Waals surface area contributed by atoms with Gasteiger partial charge in [-0.2, -0.15) is 0 Å². The van der Waals surface area contributed by atoms with Gasteiger partial charge in [-0.3, -0.25) is 4.79 Å². The molecule has 0 saturated heterocycles. The van der Waals surface area contributed by atoms with Gasteiger partial charge >= 0.3 is 5.97 Å². The molecule has 0 saturated carbocycles. The van der Waals surface area contributed by atoms with Crippen LogP contribution in [0.4, 0.5) is 10.1 Å². The summed E-state index contributed by atoms with van der Waals surface area (Å²) in [6.45, 7) is 3.69. The smallest absolute Gasteiger partial charge is 0.339 e. The van der Waals surface area contributed by atoms with E-state index in [0.29, 0.717) is 34.6 Å². The lowest BCUT2D eigenvalue weighted by Gasteiger charge is -2.07. The number of aromatic amines is 1. The third-order valence-electron chi connectivity index (χ3n) is 3.51. The van der Waals surface area contributed by atoms with E-state index in [4.69, 9.17) is 4.74 Å². The van der Waals surface area contributed by atoms with Crippen LogP contribution in [0.15, 0.2) is 24.3 Å². The molecule has 0 aliphatic carbocycles. The number of aromatic nitrogens is 1. The van der Waals surface area contributed by atoms with Crippen molar-refractivity contribution in [1.29, 1.82) is 0 Å². The zero-order chi connectivity index (χ0) is 17.0. The number of halogens is 1. The number of ether oxygens (including phenoxy) is 1. The molecule has 0 atom stereocenters. The number of nitrogens with one attached hydrogen (secondary N) is 2. The summed E-state index contributed by atoms with van der Waals surface area (Å²) in [7, 11) is 1.31. The van der Waals surface area contributed by atoms with Gasteiger partial charge in [0.1, 0.15) is 11.5 Å².